The van der Waals surface area contributed by atoms with Gasteiger partial charge >= 0.3 is 0 Å². The molecule has 0 saturated heterocycles. The van der Waals surface area contributed by atoms with Gasteiger partial charge in [-0.1, -0.05) is 0 Å². The Hall–Kier alpha value is -2.37. The molecule has 0 aliphatic heterocycles. The van der Waals surface area contributed by atoms with E-state index < -0.39 is 29.0 Å². The normalized spacial score (nSPS) is 10.5. The van der Waals surface area contributed by atoms with Gasteiger partial charge in [0.15, 0.2) is 29.0 Å². The molecule has 0 bridgehead atoms. The fourth-order valence-corrected chi connectivity index (χ4v) is 1.54. The summed E-state index contributed by atoms with van der Waals surface area (Å²) >= 11 is 0. The second kappa shape index (κ2) is 5.09. The first-order chi connectivity index (χ1) is 8.97. The summed E-state index contributed by atoms with van der Waals surface area (Å²) in [6.07, 6.45) is 0. The van der Waals surface area contributed by atoms with E-state index in [1.807, 2.05) is 0 Å². The van der Waals surface area contributed by atoms with Crippen LogP contribution in [0.2, 0.25) is 0 Å². The Bertz CT molecular complexity index is 594. The number of halogens is 3. The molecule has 0 heterocycles. The minimum atomic E-state index is -1.06. The zero-order valence-corrected chi connectivity index (χ0v) is 9.62. The smallest absolute Gasteiger partial charge is 0.187 e. The van der Waals surface area contributed by atoms with E-state index in [1.165, 1.54) is 6.07 Å². The number of phenols is 2. The molecule has 2 aromatic carbocycles. The number of nitrogens with one attached hydrogen (secondary N) is 1. The number of benzene rings is 2. The quantitative estimate of drug-likeness (QED) is 0.750. The van der Waals surface area contributed by atoms with Crippen LogP contribution in [0, 0.1) is 17.5 Å². The van der Waals surface area contributed by atoms with Gasteiger partial charge < -0.3 is 15.5 Å². The molecular formula is C13H10F3NO2. The van der Waals surface area contributed by atoms with Crippen LogP contribution in [0.3, 0.4) is 0 Å². The molecule has 0 fully saturated rings. The van der Waals surface area contributed by atoms with Crippen molar-refractivity contribution in [2.24, 2.45) is 0 Å². The topological polar surface area (TPSA) is 52.5 Å². The molecular weight excluding hydrogens is 259 g/mol. The van der Waals surface area contributed by atoms with Gasteiger partial charge in [-0.05, 0) is 29.8 Å². The lowest BCUT2D eigenvalue weighted by atomic mass is 10.2. The molecule has 6 heteroatoms. The van der Waals surface area contributed by atoms with Crippen molar-refractivity contribution < 1.29 is 23.4 Å². The molecule has 0 atom stereocenters. The summed E-state index contributed by atoms with van der Waals surface area (Å²) in [5.41, 5.74) is 0.602. The summed E-state index contributed by atoms with van der Waals surface area (Å²) in [5, 5.41) is 20.7. The molecule has 19 heavy (non-hydrogen) atoms. The molecule has 0 saturated carbocycles. The molecule has 0 unspecified atom stereocenters. The van der Waals surface area contributed by atoms with Crippen molar-refractivity contribution in [3.8, 4) is 11.5 Å². The summed E-state index contributed by atoms with van der Waals surface area (Å²) in [4.78, 5) is 0. The molecule has 0 aromatic heterocycles. The fourth-order valence-electron chi connectivity index (χ4n) is 1.54. The fraction of sp³-hybridized carbons (Fsp3) is 0.0769. The van der Waals surface area contributed by atoms with Crippen molar-refractivity contribution in [3.05, 3.63) is 53.3 Å². The van der Waals surface area contributed by atoms with Crippen LogP contribution in [0.5, 0.6) is 11.5 Å². The average molecular weight is 269 g/mol. The van der Waals surface area contributed by atoms with Gasteiger partial charge in [-0.3, -0.25) is 0 Å². The zero-order chi connectivity index (χ0) is 14.0. The molecule has 0 radical (unpaired) electrons. The van der Waals surface area contributed by atoms with Crippen LogP contribution in [0.15, 0.2) is 30.3 Å². The number of anilines is 1. The maximum atomic E-state index is 13.1. The Kier molecular flexibility index (Phi) is 3.50. The number of aromatic hydroxyl groups is 2. The number of rotatable bonds is 3. The number of hydrogen-bond donors (Lipinski definition) is 3. The van der Waals surface area contributed by atoms with E-state index in [9.17, 15) is 13.2 Å². The average Bonchev–Trinajstić information content (AvgIpc) is 2.37. The first-order valence-corrected chi connectivity index (χ1v) is 5.36. The highest BCUT2D eigenvalue weighted by Gasteiger charge is 2.09. The summed E-state index contributed by atoms with van der Waals surface area (Å²) in [6.45, 7) is 0.0400. The molecule has 0 aliphatic carbocycles. The molecule has 3 nitrogen and oxygen atoms in total. The van der Waals surface area contributed by atoms with Crippen LogP contribution in [0.1, 0.15) is 5.56 Å². The first-order valence-electron chi connectivity index (χ1n) is 5.36. The molecule has 2 rings (SSSR count). The number of phenolic OH excluding ortho intramolecular Hbond substituents is 2. The van der Waals surface area contributed by atoms with Gasteiger partial charge in [0.05, 0.1) is 0 Å². The predicted octanol–water partition coefficient (Wildman–Crippen LogP) is 3.13. The van der Waals surface area contributed by atoms with Crippen molar-refractivity contribution in [2.75, 3.05) is 5.32 Å². The maximum Gasteiger partial charge on any atom is 0.187 e. The van der Waals surface area contributed by atoms with E-state index in [4.69, 9.17) is 10.2 Å². The zero-order valence-electron chi connectivity index (χ0n) is 9.62. The van der Waals surface area contributed by atoms with Crippen LogP contribution in [-0.4, -0.2) is 10.2 Å². The highest BCUT2D eigenvalue weighted by Crippen LogP contribution is 2.23. The van der Waals surface area contributed by atoms with E-state index >= 15 is 0 Å². The third-order valence-corrected chi connectivity index (χ3v) is 2.52. The predicted molar refractivity (Wildman–Crippen MR) is 63.4 cm³/mol. The Labute approximate surface area is 106 Å². The Balaban J connectivity index is 2.12. The van der Waals surface area contributed by atoms with E-state index in [-0.39, 0.29) is 12.1 Å². The van der Waals surface area contributed by atoms with Gasteiger partial charge in [-0.2, -0.15) is 0 Å². The molecule has 0 amide bonds. The van der Waals surface area contributed by atoms with Gasteiger partial charge in [-0.15, -0.1) is 0 Å². The Morgan fingerprint density at radius 1 is 0.895 bits per heavy atom. The van der Waals surface area contributed by atoms with Gasteiger partial charge in [0.1, 0.15) is 0 Å². The van der Waals surface area contributed by atoms with Crippen molar-refractivity contribution in [1.82, 2.24) is 0 Å². The third-order valence-electron chi connectivity index (χ3n) is 2.52. The van der Waals surface area contributed by atoms with Crippen molar-refractivity contribution in [1.29, 1.82) is 0 Å². The molecule has 2 aromatic rings. The van der Waals surface area contributed by atoms with E-state index in [1.54, 1.807) is 0 Å². The minimum Gasteiger partial charge on any atom is -0.505 e. The van der Waals surface area contributed by atoms with Crippen LogP contribution in [0.4, 0.5) is 18.9 Å². The van der Waals surface area contributed by atoms with Crippen LogP contribution < -0.4 is 5.32 Å². The minimum absolute atomic E-state index is 0.0400. The molecule has 0 spiro atoms. The van der Waals surface area contributed by atoms with Crippen LogP contribution in [-0.2, 0) is 6.54 Å². The lowest BCUT2D eigenvalue weighted by molar-refractivity contribution is 0.395. The molecule has 100 valence electrons. The second-order valence-electron chi connectivity index (χ2n) is 3.93. The van der Waals surface area contributed by atoms with E-state index in [2.05, 4.69) is 5.32 Å². The number of hydrogen-bond acceptors (Lipinski definition) is 3. The maximum absolute atomic E-state index is 13.1. The van der Waals surface area contributed by atoms with Crippen molar-refractivity contribution in [2.45, 2.75) is 6.54 Å². The molecule has 0 aliphatic rings. The van der Waals surface area contributed by atoms with E-state index in [0.29, 0.717) is 5.69 Å². The highest BCUT2D eigenvalue weighted by atomic mass is 19.1. The first kappa shape index (κ1) is 13.1. The van der Waals surface area contributed by atoms with Gasteiger partial charge in [0, 0.05) is 18.3 Å². The summed E-state index contributed by atoms with van der Waals surface area (Å²) < 4.78 is 39.2. The van der Waals surface area contributed by atoms with Crippen molar-refractivity contribution >= 4 is 5.69 Å². The van der Waals surface area contributed by atoms with Gasteiger partial charge in [-0.25, -0.2) is 13.2 Å². The van der Waals surface area contributed by atoms with Crippen molar-refractivity contribution in [3.63, 3.8) is 0 Å². The van der Waals surface area contributed by atoms with Crippen LogP contribution >= 0.6 is 0 Å². The lowest BCUT2D eigenvalue weighted by Gasteiger charge is -2.08. The van der Waals surface area contributed by atoms with E-state index in [0.717, 1.165) is 24.3 Å². The standard InChI is InChI=1S/C13H10F3NO2/c14-9-5-8(1-2-12(9)18)17-6-7-3-10(15)13(19)11(16)4-7/h1-5,17-19H,6H2. The van der Waals surface area contributed by atoms with Crippen LogP contribution in [0.25, 0.3) is 0 Å². The monoisotopic (exact) mass is 269 g/mol. The second-order valence-corrected chi connectivity index (χ2v) is 3.93. The third kappa shape index (κ3) is 2.90. The van der Waals surface area contributed by atoms with Gasteiger partial charge in [0.25, 0.3) is 0 Å². The summed E-state index contributed by atoms with van der Waals surface area (Å²) in [7, 11) is 0. The SMILES string of the molecule is Oc1ccc(NCc2cc(F)c(O)c(F)c2)cc1F. The van der Waals surface area contributed by atoms with Gasteiger partial charge in [0.2, 0.25) is 0 Å². The molecule has 3 N–H and O–H groups in total. The largest absolute Gasteiger partial charge is 0.505 e. The Morgan fingerprint density at radius 2 is 1.53 bits per heavy atom. The lowest BCUT2D eigenvalue weighted by Crippen LogP contribution is -2.01. The Morgan fingerprint density at radius 3 is 2.11 bits per heavy atom. The highest BCUT2D eigenvalue weighted by molar-refractivity contribution is 5.47. The summed E-state index contributed by atoms with van der Waals surface area (Å²) in [6, 6.07) is 5.59. The summed E-state index contributed by atoms with van der Waals surface area (Å²) in [5.74, 6) is -4.43.